The van der Waals surface area contributed by atoms with E-state index in [-0.39, 0.29) is 13.2 Å². The van der Waals surface area contributed by atoms with Gasteiger partial charge in [0.15, 0.2) is 0 Å². The molecule has 0 amide bonds. The molecule has 0 saturated heterocycles. The molecule has 2 aromatic carbocycles. The van der Waals surface area contributed by atoms with Crippen LogP contribution in [-0.4, -0.2) is 18.5 Å². The molecule has 1 atom stereocenters. The highest BCUT2D eigenvalue weighted by atomic mass is 16.5. The van der Waals surface area contributed by atoms with Gasteiger partial charge in [-0.15, -0.1) is 0 Å². The lowest BCUT2D eigenvalue weighted by Crippen LogP contribution is -2.32. The van der Waals surface area contributed by atoms with Gasteiger partial charge < -0.3 is 14.8 Å². The average Bonchev–Trinajstić information content (AvgIpc) is 2.77. The molecule has 1 heterocycles. The topological polar surface area (TPSA) is 64.6 Å². The highest BCUT2D eigenvalue weighted by Gasteiger charge is 2.38. The summed E-state index contributed by atoms with van der Waals surface area (Å²) in [5.74, 6) is -1.08. The molecule has 1 aliphatic rings. The summed E-state index contributed by atoms with van der Waals surface area (Å²) in [6.45, 7) is 10.1. The van der Waals surface area contributed by atoms with Crippen LogP contribution >= 0.6 is 0 Å². The van der Waals surface area contributed by atoms with Crippen molar-refractivity contribution in [2.24, 2.45) is 0 Å². The normalized spacial score (nSPS) is 16.1. The van der Waals surface area contributed by atoms with Crippen LogP contribution in [0.4, 0.5) is 0 Å². The number of hydrogen-bond acceptors (Lipinski definition) is 5. The number of ether oxygens (including phenoxy) is 2. The first-order valence-electron chi connectivity index (χ1n) is 11.0. The zero-order valence-corrected chi connectivity index (χ0v) is 19.4. The predicted molar refractivity (Wildman–Crippen MR) is 125 cm³/mol. The maximum atomic E-state index is 13.3. The van der Waals surface area contributed by atoms with E-state index < -0.39 is 17.9 Å². The second kappa shape index (κ2) is 10.3. The molecule has 0 saturated carbocycles. The Hall–Kier alpha value is -3.34. The molecule has 32 heavy (non-hydrogen) atoms. The summed E-state index contributed by atoms with van der Waals surface area (Å²) in [6.07, 6.45) is 0. The molecule has 168 valence electrons. The van der Waals surface area contributed by atoms with Crippen LogP contribution in [0.1, 0.15) is 63.1 Å². The fourth-order valence-electron chi connectivity index (χ4n) is 3.95. The van der Waals surface area contributed by atoms with Crippen molar-refractivity contribution < 1.29 is 19.1 Å². The van der Waals surface area contributed by atoms with Crippen molar-refractivity contribution >= 4 is 11.9 Å². The maximum absolute atomic E-state index is 13.3. The number of carbonyl (C=O) groups is 2. The summed E-state index contributed by atoms with van der Waals surface area (Å²) in [6, 6.07) is 17.6. The molecule has 1 N–H and O–H groups in total. The first-order valence-corrected chi connectivity index (χ1v) is 11.0. The van der Waals surface area contributed by atoms with Gasteiger partial charge in [-0.25, -0.2) is 9.59 Å². The summed E-state index contributed by atoms with van der Waals surface area (Å²) >= 11 is 0. The third kappa shape index (κ3) is 5.10. The van der Waals surface area contributed by atoms with Gasteiger partial charge >= 0.3 is 11.9 Å². The van der Waals surface area contributed by atoms with Crippen LogP contribution in [-0.2, 0) is 25.7 Å². The van der Waals surface area contributed by atoms with E-state index in [1.165, 1.54) is 5.56 Å². The van der Waals surface area contributed by atoms with Crippen molar-refractivity contribution in [1.82, 2.24) is 5.32 Å². The van der Waals surface area contributed by atoms with Gasteiger partial charge in [-0.2, -0.15) is 0 Å². The molecule has 0 spiro atoms. The molecule has 2 aromatic rings. The highest BCUT2D eigenvalue weighted by Crippen LogP contribution is 2.39. The monoisotopic (exact) mass is 433 g/mol. The lowest BCUT2D eigenvalue weighted by molar-refractivity contribution is -0.140. The molecule has 1 unspecified atom stereocenters. The third-order valence-electron chi connectivity index (χ3n) is 5.62. The van der Waals surface area contributed by atoms with Gasteiger partial charge in [0, 0.05) is 11.4 Å². The van der Waals surface area contributed by atoms with Crippen LogP contribution in [0.5, 0.6) is 0 Å². The molecule has 5 nitrogen and oxygen atoms in total. The number of nitrogens with one attached hydrogen (secondary N) is 1. The second-order valence-electron chi connectivity index (χ2n) is 8.24. The zero-order valence-electron chi connectivity index (χ0n) is 19.4. The Bertz CT molecular complexity index is 1030. The summed E-state index contributed by atoms with van der Waals surface area (Å²) < 4.78 is 11.0. The average molecular weight is 434 g/mol. The lowest BCUT2D eigenvalue weighted by atomic mass is 9.80. The lowest BCUT2D eigenvalue weighted by Gasteiger charge is -2.30. The number of esters is 2. The number of hydrogen-bond donors (Lipinski definition) is 1. The molecule has 3 rings (SSSR count). The zero-order chi connectivity index (χ0) is 23.3. The van der Waals surface area contributed by atoms with E-state index in [0.29, 0.717) is 28.5 Å². The number of carbonyl (C=O) groups excluding carboxylic acids is 2. The van der Waals surface area contributed by atoms with Crippen molar-refractivity contribution in [3.05, 3.63) is 93.8 Å². The third-order valence-corrected chi connectivity index (χ3v) is 5.62. The van der Waals surface area contributed by atoms with Gasteiger partial charge in [-0.05, 0) is 43.4 Å². The largest absolute Gasteiger partial charge is 0.463 e. The van der Waals surface area contributed by atoms with Crippen molar-refractivity contribution in [2.75, 3.05) is 6.61 Å². The van der Waals surface area contributed by atoms with Crippen molar-refractivity contribution in [3.8, 4) is 0 Å². The SMILES string of the molecule is CCOC(=O)C1=C(C)NC(C)=C(C(=O)OCc2ccccc2)C1c1ccc(C(C)C)cc1. The maximum Gasteiger partial charge on any atom is 0.337 e. The van der Waals surface area contributed by atoms with Gasteiger partial charge in [0.25, 0.3) is 0 Å². The Morgan fingerprint density at radius 2 is 1.44 bits per heavy atom. The van der Waals surface area contributed by atoms with Crippen LogP contribution in [0, 0.1) is 0 Å². The highest BCUT2D eigenvalue weighted by molar-refractivity contribution is 5.99. The number of allylic oxidation sites excluding steroid dienone is 2. The smallest absolute Gasteiger partial charge is 0.337 e. The predicted octanol–water partition coefficient (Wildman–Crippen LogP) is 5.35. The van der Waals surface area contributed by atoms with Gasteiger partial charge in [0.05, 0.1) is 23.7 Å². The molecule has 5 heteroatoms. The van der Waals surface area contributed by atoms with Gasteiger partial charge in [-0.3, -0.25) is 0 Å². The van der Waals surface area contributed by atoms with Gasteiger partial charge in [-0.1, -0.05) is 68.4 Å². The minimum Gasteiger partial charge on any atom is -0.463 e. The number of dihydropyridines is 1. The fourth-order valence-corrected chi connectivity index (χ4v) is 3.95. The fraction of sp³-hybridized carbons (Fsp3) is 0.333. The number of rotatable bonds is 7. The molecule has 1 aliphatic heterocycles. The summed E-state index contributed by atoms with van der Waals surface area (Å²) in [5, 5.41) is 3.18. The van der Waals surface area contributed by atoms with Crippen molar-refractivity contribution in [1.29, 1.82) is 0 Å². The van der Waals surface area contributed by atoms with Gasteiger partial charge in [0.1, 0.15) is 6.61 Å². The Kier molecular flexibility index (Phi) is 7.52. The van der Waals surface area contributed by atoms with Crippen LogP contribution in [0.15, 0.2) is 77.1 Å². The second-order valence-corrected chi connectivity index (χ2v) is 8.24. The van der Waals surface area contributed by atoms with E-state index in [0.717, 1.165) is 11.1 Å². The molecule has 0 aliphatic carbocycles. The van der Waals surface area contributed by atoms with Crippen LogP contribution in [0.2, 0.25) is 0 Å². The Balaban J connectivity index is 2.01. The summed E-state index contributed by atoms with van der Waals surface area (Å²) in [4.78, 5) is 26.2. The first-order chi connectivity index (χ1) is 15.3. The minimum atomic E-state index is -0.570. The first kappa shape index (κ1) is 23.3. The quantitative estimate of drug-likeness (QED) is 0.596. The molecule has 0 bridgehead atoms. The van der Waals surface area contributed by atoms with E-state index in [2.05, 4.69) is 19.2 Å². The Labute approximate surface area is 190 Å². The Morgan fingerprint density at radius 1 is 0.875 bits per heavy atom. The summed E-state index contributed by atoms with van der Waals surface area (Å²) in [7, 11) is 0. The van der Waals surface area contributed by atoms with Crippen LogP contribution < -0.4 is 5.32 Å². The minimum absolute atomic E-state index is 0.160. The van der Waals surface area contributed by atoms with Crippen molar-refractivity contribution in [3.63, 3.8) is 0 Å². The van der Waals surface area contributed by atoms with Gasteiger partial charge in [0.2, 0.25) is 0 Å². The van der Waals surface area contributed by atoms with E-state index >= 15 is 0 Å². The summed E-state index contributed by atoms with van der Waals surface area (Å²) in [5.41, 5.74) is 5.15. The van der Waals surface area contributed by atoms with E-state index in [1.807, 2.05) is 68.4 Å². The molecule has 0 aromatic heterocycles. The van der Waals surface area contributed by atoms with Crippen LogP contribution in [0.25, 0.3) is 0 Å². The Morgan fingerprint density at radius 3 is 1.97 bits per heavy atom. The van der Waals surface area contributed by atoms with E-state index in [1.54, 1.807) is 6.92 Å². The van der Waals surface area contributed by atoms with E-state index in [9.17, 15) is 9.59 Å². The molecular weight excluding hydrogens is 402 g/mol. The molecule has 0 radical (unpaired) electrons. The van der Waals surface area contributed by atoms with Crippen molar-refractivity contribution in [2.45, 2.75) is 53.1 Å². The van der Waals surface area contributed by atoms with E-state index in [4.69, 9.17) is 9.47 Å². The van der Waals surface area contributed by atoms with Crippen LogP contribution in [0.3, 0.4) is 0 Å². The number of benzene rings is 2. The standard InChI is InChI=1S/C27H31NO4/c1-6-31-26(29)23-18(4)28-19(5)24(27(30)32-16-20-10-8-7-9-11-20)25(23)22-14-12-21(13-15-22)17(2)3/h7-15,17,25,28H,6,16H2,1-5H3. The molecular formula is C27H31NO4. The molecule has 0 fully saturated rings.